The van der Waals surface area contributed by atoms with Gasteiger partial charge in [0, 0.05) is 25.1 Å². The van der Waals surface area contributed by atoms with Crippen LogP contribution in [0.2, 0.25) is 0 Å². The van der Waals surface area contributed by atoms with Crippen LogP contribution < -0.4 is 4.72 Å². The van der Waals surface area contributed by atoms with Crippen molar-refractivity contribution >= 4 is 15.7 Å². The summed E-state index contributed by atoms with van der Waals surface area (Å²) in [6, 6.07) is 9.11. The molecule has 2 heterocycles. The summed E-state index contributed by atoms with van der Waals surface area (Å²) < 4.78 is 31.2. The summed E-state index contributed by atoms with van der Waals surface area (Å²) in [6.45, 7) is 4.07. The Kier molecular flexibility index (Phi) is 4.15. The average molecular weight is 345 g/mol. The smallest absolute Gasteiger partial charge is 0.265 e. The highest BCUT2D eigenvalue weighted by Crippen LogP contribution is 2.22. The Hall–Kier alpha value is -2.61. The first-order valence-electron chi connectivity index (χ1n) is 7.46. The number of anilines is 1. The Morgan fingerprint density at radius 1 is 1.17 bits per heavy atom. The van der Waals surface area contributed by atoms with Gasteiger partial charge in [-0.1, -0.05) is 12.1 Å². The van der Waals surface area contributed by atoms with E-state index in [0.717, 1.165) is 5.56 Å². The lowest BCUT2D eigenvalue weighted by atomic mass is 10.2. The predicted octanol–water partition coefficient (Wildman–Crippen LogP) is 2.08. The van der Waals surface area contributed by atoms with Gasteiger partial charge < -0.3 is 0 Å². The Morgan fingerprint density at radius 3 is 2.42 bits per heavy atom. The van der Waals surface area contributed by atoms with Gasteiger partial charge in [-0.3, -0.25) is 14.1 Å². The van der Waals surface area contributed by atoms with E-state index in [1.54, 1.807) is 43.9 Å². The second-order valence-corrected chi connectivity index (χ2v) is 7.25. The lowest BCUT2D eigenvalue weighted by Crippen LogP contribution is -2.15. The van der Waals surface area contributed by atoms with Crippen molar-refractivity contribution < 1.29 is 8.42 Å². The molecule has 0 fully saturated rings. The van der Waals surface area contributed by atoms with E-state index in [0.29, 0.717) is 23.6 Å². The van der Waals surface area contributed by atoms with Gasteiger partial charge in [0.2, 0.25) is 0 Å². The first kappa shape index (κ1) is 16.3. The Bertz CT molecular complexity index is 941. The molecule has 0 unspecified atom stereocenters. The van der Waals surface area contributed by atoms with E-state index in [2.05, 4.69) is 14.9 Å². The summed E-state index contributed by atoms with van der Waals surface area (Å²) in [5.74, 6) is 0. The molecular formula is C16H19N5O2S. The monoisotopic (exact) mass is 345 g/mol. The van der Waals surface area contributed by atoms with Gasteiger partial charge in [0.1, 0.15) is 4.90 Å². The molecule has 8 heteroatoms. The molecule has 0 radical (unpaired) electrons. The number of rotatable bonds is 5. The largest absolute Gasteiger partial charge is 0.280 e. The molecule has 0 aliphatic carbocycles. The summed E-state index contributed by atoms with van der Waals surface area (Å²) in [6.07, 6.45) is 3.60. The summed E-state index contributed by atoms with van der Waals surface area (Å²) in [7, 11) is -1.94. The molecule has 1 aromatic carbocycles. The van der Waals surface area contributed by atoms with Crippen LogP contribution in [0.5, 0.6) is 0 Å². The van der Waals surface area contributed by atoms with Gasteiger partial charge in [-0.15, -0.1) is 0 Å². The van der Waals surface area contributed by atoms with E-state index in [4.69, 9.17) is 0 Å². The second-order valence-electron chi connectivity index (χ2n) is 5.63. The molecule has 0 amide bonds. The van der Waals surface area contributed by atoms with E-state index in [9.17, 15) is 8.42 Å². The van der Waals surface area contributed by atoms with Crippen LogP contribution in [-0.4, -0.2) is 28.0 Å². The highest BCUT2D eigenvalue weighted by molar-refractivity contribution is 7.92. The van der Waals surface area contributed by atoms with Crippen molar-refractivity contribution in [3.8, 4) is 0 Å². The molecule has 0 saturated carbocycles. The minimum Gasteiger partial charge on any atom is -0.280 e. The van der Waals surface area contributed by atoms with Crippen LogP contribution in [0.15, 0.2) is 47.6 Å². The first-order valence-corrected chi connectivity index (χ1v) is 8.94. The highest BCUT2D eigenvalue weighted by Gasteiger charge is 2.23. The predicted molar refractivity (Wildman–Crippen MR) is 91.3 cm³/mol. The molecule has 24 heavy (non-hydrogen) atoms. The summed E-state index contributed by atoms with van der Waals surface area (Å²) in [4.78, 5) is 0.227. The van der Waals surface area contributed by atoms with Gasteiger partial charge in [0.25, 0.3) is 10.0 Å². The zero-order valence-corrected chi connectivity index (χ0v) is 14.6. The van der Waals surface area contributed by atoms with Crippen molar-refractivity contribution in [1.29, 1.82) is 0 Å². The Morgan fingerprint density at radius 2 is 1.88 bits per heavy atom. The van der Waals surface area contributed by atoms with Crippen LogP contribution in [0.3, 0.4) is 0 Å². The highest BCUT2D eigenvalue weighted by atomic mass is 32.2. The number of benzene rings is 1. The maximum atomic E-state index is 12.6. The van der Waals surface area contributed by atoms with Crippen molar-refractivity contribution in [2.75, 3.05) is 4.72 Å². The molecular weight excluding hydrogens is 326 g/mol. The fourth-order valence-electron chi connectivity index (χ4n) is 2.61. The van der Waals surface area contributed by atoms with Gasteiger partial charge in [-0.25, -0.2) is 8.42 Å². The van der Waals surface area contributed by atoms with Crippen LogP contribution in [0.1, 0.15) is 17.0 Å². The fraction of sp³-hybridized carbons (Fsp3) is 0.250. The van der Waals surface area contributed by atoms with Crippen molar-refractivity contribution in [2.45, 2.75) is 25.3 Å². The molecule has 126 valence electrons. The number of nitrogens with zero attached hydrogens (tertiary/aromatic N) is 4. The lowest BCUT2D eigenvalue weighted by Gasteiger charge is -2.09. The zero-order chi connectivity index (χ0) is 17.3. The van der Waals surface area contributed by atoms with E-state index in [1.165, 1.54) is 0 Å². The van der Waals surface area contributed by atoms with Crippen molar-refractivity contribution in [2.24, 2.45) is 7.05 Å². The minimum atomic E-state index is -3.67. The third kappa shape index (κ3) is 3.18. The topological polar surface area (TPSA) is 81.8 Å². The van der Waals surface area contributed by atoms with E-state index in [1.807, 2.05) is 29.1 Å². The van der Waals surface area contributed by atoms with Crippen LogP contribution in [-0.2, 0) is 23.6 Å². The van der Waals surface area contributed by atoms with Crippen LogP contribution in [0.4, 0.5) is 5.69 Å². The zero-order valence-electron chi connectivity index (χ0n) is 13.8. The third-order valence-electron chi connectivity index (χ3n) is 3.82. The number of nitrogens with one attached hydrogen (secondary N) is 1. The summed E-state index contributed by atoms with van der Waals surface area (Å²) in [5.41, 5.74) is 2.64. The molecule has 0 bridgehead atoms. The summed E-state index contributed by atoms with van der Waals surface area (Å²) >= 11 is 0. The Labute approximate surface area is 141 Å². The molecule has 0 aliphatic heterocycles. The SMILES string of the molecule is Cc1nn(C)c(C)c1S(=O)(=O)Nc1ccc(Cn2cccn2)cc1. The Balaban J connectivity index is 1.80. The van der Waals surface area contributed by atoms with Crippen molar-refractivity contribution in [3.63, 3.8) is 0 Å². The van der Waals surface area contributed by atoms with Crippen LogP contribution in [0.25, 0.3) is 0 Å². The second kappa shape index (κ2) is 6.12. The molecule has 0 saturated heterocycles. The fourth-order valence-corrected chi connectivity index (χ4v) is 4.11. The number of aryl methyl sites for hydroxylation is 2. The molecule has 0 aliphatic rings. The third-order valence-corrected chi connectivity index (χ3v) is 5.45. The molecule has 3 aromatic rings. The number of aromatic nitrogens is 4. The maximum absolute atomic E-state index is 12.6. The molecule has 0 spiro atoms. The van der Waals surface area contributed by atoms with Gasteiger partial charge in [-0.2, -0.15) is 10.2 Å². The van der Waals surface area contributed by atoms with Gasteiger partial charge in [0.05, 0.1) is 17.9 Å². The maximum Gasteiger partial charge on any atom is 0.265 e. The van der Waals surface area contributed by atoms with E-state index in [-0.39, 0.29) is 4.90 Å². The molecule has 7 nitrogen and oxygen atoms in total. The van der Waals surface area contributed by atoms with Gasteiger partial charge in [0.15, 0.2) is 0 Å². The first-order chi connectivity index (χ1) is 11.4. The lowest BCUT2D eigenvalue weighted by molar-refractivity contribution is 0.599. The van der Waals surface area contributed by atoms with E-state index >= 15 is 0 Å². The van der Waals surface area contributed by atoms with Crippen molar-refractivity contribution in [3.05, 3.63) is 59.7 Å². The standard InChI is InChI=1S/C16H19N5O2S/c1-12-16(13(2)20(3)18-12)24(22,23)19-15-7-5-14(6-8-15)11-21-10-4-9-17-21/h4-10,19H,11H2,1-3H3. The number of hydrogen-bond acceptors (Lipinski definition) is 4. The molecule has 2 aromatic heterocycles. The minimum absolute atomic E-state index is 0.227. The van der Waals surface area contributed by atoms with E-state index < -0.39 is 10.0 Å². The number of hydrogen-bond donors (Lipinski definition) is 1. The van der Waals surface area contributed by atoms with Gasteiger partial charge >= 0.3 is 0 Å². The van der Waals surface area contributed by atoms with Crippen molar-refractivity contribution in [1.82, 2.24) is 19.6 Å². The quantitative estimate of drug-likeness (QED) is 0.767. The summed E-state index contributed by atoms with van der Waals surface area (Å²) in [5, 5.41) is 8.31. The molecule has 1 N–H and O–H groups in total. The van der Waals surface area contributed by atoms with Crippen LogP contribution >= 0.6 is 0 Å². The molecule has 3 rings (SSSR count). The normalized spacial score (nSPS) is 11.6. The average Bonchev–Trinajstić information content (AvgIpc) is 3.10. The molecule has 0 atom stereocenters. The van der Waals surface area contributed by atoms with Crippen LogP contribution in [0, 0.1) is 13.8 Å². The van der Waals surface area contributed by atoms with Gasteiger partial charge in [-0.05, 0) is 37.6 Å². The number of sulfonamides is 1.